The lowest BCUT2D eigenvalue weighted by Gasteiger charge is -2.47. The van der Waals surface area contributed by atoms with Crippen LogP contribution in [0.4, 0.5) is 5.69 Å². The minimum absolute atomic E-state index is 0.0216. The van der Waals surface area contributed by atoms with Crippen molar-refractivity contribution in [2.45, 2.75) is 73.0 Å². The molecule has 45 heavy (non-hydrogen) atoms. The molecule has 0 radical (unpaired) electrons. The molecule has 0 spiro atoms. The highest BCUT2D eigenvalue weighted by molar-refractivity contribution is 7.59. The third kappa shape index (κ3) is 8.11. The number of carboxylic acid groups (broad SMARTS) is 1. The molecule has 1 atom stereocenters. The molecule has 244 valence electrons. The summed E-state index contributed by atoms with van der Waals surface area (Å²) >= 11 is 0. The fourth-order valence-corrected chi connectivity index (χ4v) is 8.66. The molecule has 2 aromatic carbocycles. The normalized spacial score (nSPS) is 18.8. The topological polar surface area (TPSA) is 122 Å². The van der Waals surface area contributed by atoms with Gasteiger partial charge in [-0.3, -0.25) is 19.6 Å². The molecule has 0 saturated carbocycles. The first kappa shape index (κ1) is 34.6. The van der Waals surface area contributed by atoms with Crippen LogP contribution >= 0.6 is 7.60 Å². The number of carboxylic acids is 1. The van der Waals surface area contributed by atoms with Crippen molar-refractivity contribution in [3.63, 3.8) is 0 Å². The number of non-ortho nitro benzene ring substituents is 1. The van der Waals surface area contributed by atoms with Gasteiger partial charge in [0.15, 0.2) is 0 Å². The van der Waals surface area contributed by atoms with Crippen LogP contribution in [0.1, 0.15) is 65.5 Å². The number of rotatable bonds is 13. The van der Waals surface area contributed by atoms with Crippen LogP contribution in [0.2, 0.25) is 0 Å². The lowest BCUT2D eigenvalue weighted by atomic mass is 9.88. The molecule has 4 rings (SSSR count). The number of aliphatic carboxylic acids is 1. The Morgan fingerprint density at radius 2 is 1.62 bits per heavy atom. The lowest BCUT2D eigenvalue weighted by Crippen LogP contribution is -2.50. The highest BCUT2D eigenvalue weighted by Crippen LogP contribution is 2.63. The number of nitro groups is 1. The second-order valence-corrected chi connectivity index (χ2v) is 14.8. The fourth-order valence-electron chi connectivity index (χ4n) is 6.22. The molecular formula is C34H46N3O7P. The van der Waals surface area contributed by atoms with Gasteiger partial charge in [0.1, 0.15) is 0 Å². The number of carbonyl (C=O) groups is 1. The van der Waals surface area contributed by atoms with E-state index in [0.717, 1.165) is 32.5 Å². The van der Waals surface area contributed by atoms with E-state index in [2.05, 4.69) is 21.9 Å². The van der Waals surface area contributed by atoms with Crippen molar-refractivity contribution in [3.8, 4) is 0 Å². The van der Waals surface area contributed by atoms with Crippen LogP contribution in [0.25, 0.3) is 5.57 Å². The van der Waals surface area contributed by atoms with Gasteiger partial charge in [0, 0.05) is 49.1 Å². The minimum atomic E-state index is -4.11. The summed E-state index contributed by atoms with van der Waals surface area (Å²) < 4.78 is 27.4. The van der Waals surface area contributed by atoms with Gasteiger partial charge in [0.25, 0.3) is 5.69 Å². The highest BCUT2D eigenvalue weighted by atomic mass is 31.2. The number of allylic oxidation sites excluding steroid dienone is 1. The third-order valence-electron chi connectivity index (χ3n) is 8.28. The number of hydrogen-bond acceptors (Lipinski definition) is 8. The van der Waals surface area contributed by atoms with Crippen LogP contribution in [0.5, 0.6) is 0 Å². The summed E-state index contributed by atoms with van der Waals surface area (Å²) in [5, 5.41) is 22.7. The highest BCUT2D eigenvalue weighted by Gasteiger charge is 2.47. The van der Waals surface area contributed by atoms with Crippen LogP contribution < -0.4 is 0 Å². The lowest BCUT2D eigenvalue weighted by molar-refractivity contribution is -0.384. The van der Waals surface area contributed by atoms with Gasteiger partial charge < -0.3 is 19.1 Å². The number of nitrogens with zero attached hydrogens (tertiary/aromatic N) is 3. The van der Waals surface area contributed by atoms with Gasteiger partial charge in [-0.05, 0) is 49.7 Å². The maximum Gasteiger partial charge on any atom is 0.360 e. The van der Waals surface area contributed by atoms with Crippen molar-refractivity contribution < 1.29 is 28.4 Å². The number of benzene rings is 2. The largest absolute Gasteiger partial charge is 0.478 e. The number of piperidine rings is 1. The van der Waals surface area contributed by atoms with Gasteiger partial charge >= 0.3 is 13.6 Å². The Bertz CT molecular complexity index is 1460. The summed E-state index contributed by atoms with van der Waals surface area (Å²) in [5.74, 6) is -1.14. The average molecular weight is 640 g/mol. The molecule has 1 N–H and O–H groups in total. The molecule has 1 fully saturated rings. The summed E-state index contributed by atoms with van der Waals surface area (Å²) in [7, 11) is -4.11. The Labute approximate surface area is 266 Å². The molecule has 2 aromatic rings. The molecule has 1 unspecified atom stereocenters. The van der Waals surface area contributed by atoms with E-state index in [-0.39, 0.29) is 53.2 Å². The standard InChI is InChI=1S/C34H46N3O7P/c1-23(2)21-43-45(42,44-22-24(3)4)33-26(6)36(29-15-17-35(18-16-29)20-27-11-8-7-9-12-27)25(5)31(34(38)39)32(33)28-13-10-14-30(19-28)37(40)41/h7-14,19,23-24,26,29H,15-18,20-22H2,1-6H3,(H,38,39). The Balaban J connectivity index is 1.84. The van der Waals surface area contributed by atoms with E-state index in [0.29, 0.717) is 11.3 Å². The zero-order valence-corrected chi connectivity index (χ0v) is 28.0. The minimum Gasteiger partial charge on any atom is -0.478 e. The molecule has 2 heterocycles. The SMILES string of the molecule is CC1=C(C(=O)O)C(c2cccc([N+](=O)[O-])c2)=C(P(=O)(OCC(C)C)OCC(C)C)C(C)N1C1CCN(Cc2ccccc2)CC1. The zero-order chi connectivity index (χ0) is 32.9. The van der Waals surface area contributed by atoms with Gasteiger partial charge in [-0.15, -0.1) is 0 Å². The molecule has 0 aromatic heterocycles. The van der Waals surface area contributed by atoms with Crippen molar-refractivity contribution in [1.29, 1.82) is 0 Å². The van der Waals surface area contributed by atoms with Gasteiger partial charge in [-0.25, -0.2) is 4.79 Å². The van der Waals surface area contributed by atoms with Crippen LogP contribution in [0.15, 0.2) is 71.2 Å². The van der Waals surface area contributed by atoms with Crippen molar-refractivity contribution in [2.75, 3.05) is 26.3 Å². The molecule has 10 nitrogen and oxygen atoms in total. The molecule has 1 saturated heterocycles. The summed E-state index contributed by atoms with van der Waals surface area (Å²) in [6, 6.07) is 15.6. The Morgan fingerprint density at radius 1 is 1.02 bits per heavy atom. The van der Waals surface area contributed by atoms with Gasteiger partial charge in [-0.1, -0.05) is 70.2 Å². The number of likely N-dealkylation sites (tertiary alicyclic amines) is 1. The van der Waals surface area contributed by atoms with Crippen molar-refractivity contribution >= 4 is 24.8 Å². The quantitative estimate of drug-likeness (QED) is 0.134. The van der Waals surface area contributed by atoms with Gasteiger partial charge in [-0.2, -0.15) is 0 Å². The molecular weight excluding hydrogens is 593 g/mol. The first-order valence-corrected chi connectivity index (χ1v) is 17.2. The number of nitro benzene ring substituents is 1. The molecule has 0 bridgehead atoms. The van der Waals surface area contributed by atoms with Crippen LogP contribution in [-0.2, 0) is 25.0 Å². The predicted octanol–water partition coefficient (Wildman–Crippen LogP) is 7.57. The van der Waals surface area contributed by atoms with Crippen LogP contribution in [-0.4, -0.2) is 64.2 Å². The first-order chi connectivity index (χ1) is 21.3. The van der Waals surface area contributed by atoms with E-state index in [1.807, 2.05) is 52.8 Å². The monoisotopic (exact) mass is 639 g/mol. The van der Waals surface area contributed by atoms with Crippen molar-refractivity contribution in [1.82, 2.24) is 9.80 Å². The number of hydrogen-bond donors (Lipinski definition) is 1. The summed E-state index contributed by atoms with van der Waals surface area (Å²) in [4.78, 5) is 28.8. The summed E-state index contributed by atoms with van der Waals surface area (Å²) in [5.41, 5.74) is 2.00. The van der Waals surface area contributed by atoms with E-state index in [9.17, 15) is 20.0 Å². The van der Waals surface area contributed by atoms with E-state index in [4.69, 9.17) is 9.05 Å². The molecule has 2 aliphatic rings. The van der Waals surface area contributed by atoms with Crippen LogP contribution in [0.3, 0.4) is 0 Å². The fraction of sp³-hybridized carbons (Fsp3) is 0.500. The van der Waals surface area contributed by atoms with Gasteiger partial charge in [0.05, 0.1) is 35.1 Å². The Kier molecular flexibility index (Phi) is 11.4. The van der Waals surface area contributed by atoms with Gasteiger partial charge in [0.2, 0.25) is 0 Å². The van der Waals surface area contributed by atoms with E-state index < -0.39 is 24.5 Å². The molecule has 0 amide bonds. The summed E-state index contributed by atoms with van der Waals surface area (Å²) in [6.07, 6.45) is 1.57. The Morgan fingerprint density at radius 3 is 2.16 bits per heavy atom. The Hall–Kier alpha value is -3.30. The van der Waals surface area contributed by atoms with Crippen LogP contribution in [0, 0.1) is 22.0 Å². The second kappa shape index (κ2) is 14.9. The summed E-state index contributed by atoms with van der Waals surface area (Å²) in [6.45, 7) is 14.2. The smallest absolute Gasteiger partial charge is 0.360 e. The average Bonchev–Trinajstić information content (AvgIpc) is 3.00. The van der Waals surface area contributed by atoms with Crippen molar-refractivity contribution in [3.05, 3.63) is 92.4 Å². The van der Waals surface area contributed by atoms with E-state index in [1.54, 1.807) is 13.0 Å². The first-order valence-electron chi connectivity index (χ1n) is 15.7. The zero-order valence-electron chi connectivity index (χ0n) is 27.1. The molecule has 11 heteroatoms. The second-order valence-electron chi connectivity index (χ2n) is 12.8. The van der Waals surface area contributed by atoms with Crippen molar-refractivity contribution in [2.24, 2.45) is 11.8 Å². The molecule has 0 aliphatic carbocycles. The maximum absolute atomic E-state index is 15.1. The maximum atomic E-state index is 15.1. The molecule has 2 aliphatic heterocycles. The van der Waals surface area contributed by atoms with E-state index in [1.165, 1.54) is 23.8 Å². The van der Waals surface area contributed by atoms with E-state index >= 15 is 4.57 Å². The third-order valence-corrected chi connectivity index (χ3v) is 10.4. The predicted molar refractivity (Wildman–Crippen MR) is 176 cm³/mol.